The first-order valence-electron chi connectivity index (χ1n) is 7.00. The van der Waals surface area contributed by atoms with Crippen LogP contribution in [0.25, 0.3) is 0 Å². The highest BCUT2D eigenvalue weighted by molar-refractivity contribution is 5.88. The van der Waals surface area contributed by atoms with Crippen molar-refractivity contribution in [2.24, 2.45) is 5.73 Å². The van der Waals surface area contributed by atoms with Crippen LogP contribution in [0.4, 0.5) is 5.95 Å². The summed E-state index contributed by atoms with van der Waals surface area (Å²) in [5.41, 5.74) is 5.19. The van der Waals surface area contributed by atoms with Crippen LogP contribution in [0, 0.1) is 0 Å². The number of methoxy groups -OCH3 is 1. The lowest BCUT2D eigenvalue weighted by Crippen LogP contribution is -2.38. The van der Waals surface area contributed by atoms with Crippen LogP contribution in [0.3, 0.4) is 0 Å². The van der Waals surface area contributed by atoms with Gasteiger partial charge in [0.25, 0.3) is 5.91 Å². The van der Waals surface area contributed by atoms with E-state index in [-0.39, 0.29) is 11.9 Å². The van der Waals surface area contributed by atoms with Crippen molar-refractivity contribution in [3.8, 4) is 5.88 Å². The van der Waals surface area contributed by atoms with Gasteiger partial charge in [-0.15, -0.1) is 5.10 Å². The standard InChI is InChI=1S/C13H17N7O2/c1-22-10-4-5-15-13(17-10)19-6-2-3-9(7-19)20-8-16-12(18-20)11(14)21/h4-5,8-9H,2-3,6-7H2,1H3,(H2,14,21)/t9-/m0/s1. The van der Waals surface area contributed by atoms with Crippen LogP contribution < -0.4 is 15.4 Å². The smallest absolute Gasteiger partial charge is 0.288 e. The molecule has 0 unspecified atom stereocenters. The molecule has 1 aliphatic heterocycles. The van der Waals surface area contributed by atoms with Crippen molar-refractivity contribution in [1.29, 1.82) is 0 Å². The highest BCUT2D eigenvalue weighted by Crippen LogP contribution is 2.24. The van der Waals surface area contributed by atoms with E-state index in [1.54, 1.807) is 30.4 Å². The SMILES string of the molecule is COc1ccnc(N2CCC[C@H](n3cnc(C(N)=O)n3)C2)n1. The summed E-state index contributed by atoms with van der Waals surface area (Å²) in [6.45, 7) is 1.55. The summed E-state index contributed by atoms with van der Waals surface area (Å²) in [4.78, 5) is 25.7. The maximum Gasteiger partial charge on any atom is 0.288 e. The molecule has 0 aliphatic carbocycles. The Labute approximate surface area is 127 Å². The number of carbonyl (C=O) groups is 1. The number of primary amides is 1. The monoisotopic (exact) mass is 303 g/mol. The van der Waals surface area contributed by atoms with Gasteiger partial charge in [0.05, 0.1) is 13.2 Å². The van der Waals surface area contributed by atoms with E-state index < -0.39 is 5.91 Å². The maximum absolute atomic E-state index is 11.1. The topological polar surface area (TPSA) is 112 Å². The van der Waals surface area contributed by atoms with Gasteiger partial charge >= 0.3 is 0 Å². The molecule has 1 amide bonds. The lowest BCUT2D eigenvalue weighted by molar-refractivity contribution is 0.0990. The molecule has 1 saturated heterocycles. The molecule has 1 aliphatic rings. The Hall–Kier alpha value is -2.71. The molecular formula is C13H17N7O2. The van der Waals surface area contributed by atoms with Crippen LogP contribution in [-0.4, -0.2) is 50.8 Å². The first kappa shape index (κ1) is 14.2. The number of hydrogen-bond donors (Lipinski definition) is 1. The lowest BCUT2D eigenvalue weighted by Gasteiger charge is -2.32. The van der Waals surface area contributed by atoms with Crippen molar-refractivity contribution in [2.45, 2.75) is 18.9 Å². The maximum atomic E-state index is 11.1. The van der Waals surface area contributed by atoms with E-state index >= 15 is 0 Å². The van der Waals surface area contributed by atoms with Gasteiger partial charge < -0.3 is 15.4 Å². The number of nitrogens with zero attached hydrogens (tertiary/aromatic N) is 6. The zero-order chi connectivity index (χ0) is 15.5. The van der Waals surface area contributed by atoms with Crippen molar-refractivity contribution in [3.05, 3.63) is 24.4 Å². The number of hydrogen-bond acceptors (Lipinski definition) is 7. The van der Waals surface area contributed by atoms with Crippen molar-refractivity contribution < 1.29 is 9.53 Å². The quantitative estimate of drug-likeness (QED) is 0.847. The molecule has 116 valence electrons. The fraction of sp³-hybridized carbons (Fsp3) is 0.462. The molecule has 9 nitrogen and oxygen atoms in total. The third-order valence-corrected chi connectivity index (χ3v) is 3.61. The van der Waals surface area contributed by atoms with Crippen LogP contribution in [-0.2, 0) is 0 Å². The third-order valence-electron chi connectivity index (χ3n) is 3.61. The van der Waals surface area contributed by atoms with E-state index in [1.807, 2.05) is 0 Å². The molecule has 1 fully saturated rings. The van der Waals surface area contributed by atoms with E-state index in [2.05, 4.69) is 25.0 Å². The van der Waals surface area contributed by atoms with E-state index in [9.17, 15) is 4.79 Å². The van der Waals surface area contributed by atoms with Crippen molar-refractivity contribution in [3.63, 3.8) is 0 Å². The molecule has 0 radical (unpaired) electrons. The van der Waals surface area contributed by atoms with Gasteiger partial charge in [-0.25, -0.2) is 14.6 Å². The summed E-state index contributed by atoms with van der Waals surface area (Å²) in [5, 5.41) is 4.13. The molecule has 9 heteroatoms. The molecule has 2 N–H and O–H groups in total. The van der Waals surface area contributed by atoms with Crippen LogP contribution in [0.15, 0.2) is 18.6 Å². The average Bonchev–Trinajstić information content (AvgIpc) is 3.05. The number of anilines is 1. The fourth-order valence-corrected chi connectivity index (χ4v) is 2.51. The summed E-state index contributed by atoms with van der Waals surface area (Å²) in [6, 6.07) is 1.81. The Morgan fingerprint density at radius 2 is 2.32 bits per heavy atom. The minimum absolute atomic E-state index is 0.0368. The number of piperidine rings is 1. The Kier molecular flexibility index (Phi) is 3.86. The third kappa shape index (κ3) is 2.83. The molecule has 0 aromatic carbocycles. The molecule has 0 spiro atoms. The van der Waals surface area contributed by atoms with E-state index in [0.29, 0.717) is 18.4 Å². The van der Waals surface area contributed by atoms with Gasteiger partial charge in [0.1, 0.15) is 6.33 Å². The van der Waals surface area contributed by atoms with Gasteiger partial charge in [0.15, 0.2) is 0 Å². The molecule has 0 bridgehead atoms. The number of nitrogens with two attached hydrogens (primary N) is 1. The normalized spacial score (nSPS) is 18.2. The van der Waals surface area contributed by atoms with Crippen LogP contribution in [0.5, 0.6) is 5.88 Å². The molecular weight excluding hydrogens is 286 g/mol. The van der Waals surface area contributed by atoms with E-state index in [1.165, 1.54) is 0 Å². The van der Waals surface area contributed by atoms with Crippen molar-refractivity contribution in [1.82, 2.24) is 24.7 Å². The zero-order valence-electron chi connectivity index (χ0n) is 12.2. The van der Waals surface area contributed by atoms with Gasteiger partial charge in [-0.2, -0.15) is 4.98 Å². The Morgan fingerprint density at radius 1 is 1.45 bits per heavy atom. The number of carbonyl (C=O) groups excluding carboxylic acids is 1. The van der Waals surface area contributed by atoms with E-state index in [0.717, 1.165) is 19.4 Å². The Bertz CT molecular complexity index is 672. The van der Waals surface area contributed by atoms with E-state index in [4.69, 9.17) is 10.5 Å². The van der Waals surface area contributed by atoms with Gasteiger partial charge in [-0.05, 0) is 12.8 Å². The Morgan fingerprint density at radius 3 is 3.05 bits per heavy atom. The zero-order valence-corrected chi connectivity index (χ0v) is 12.2. The first-order chi connectivity index (χ1) is 10.7. The number of ether oxygens (including phenoxy) is 1. The second-order valence-electron chi connectivity index (χ2n) is 5.05. The lowest BCUT2D eigenvalue weighted by atomic mass is 10.1. The highest BCUT2D eigenvalue weighted by Gasteiger charge is 2.24. The highest BCUT2D eigenvalue weighted by atomic mass is 16.5. The van der Waals surface area contributed by atoms with Gasteiger partial charge in [0, 0.05) is 25.4 Å². The summed E-state index contributed by atoms with van der Waals surface area (Å²) in [6.07, 6.45) is 5.13. The number of aromatic nitrogens is 5. The minimum atomic E-state index is -0.623. The predicted molar refractivity (Wildman–Crippen MR) is 77.6 cm³/mol. The van der Waals surface area contributed by atoms with Crippen LogP contribution >= 0.6 is 0 Å². The molecule has 22 heavy (non-hydrogen) atoms. The Balaban J connectivity index is 1.77. The minimum Gasteiger partial charge on any atom is -0.481 e. The molecule has 3 heterocycles. The molecule has 3 rings (SSSR count). The van der Waals surface area contributed by atoms with Gasteiger partial charge in [0.2, 0.25) is 17.7 Å². The van der Waals surface area contributed by atoms with Gasteiger partial charge in [-0.3, -0.25) is 4.79 Å². The second-order valence-corrected chi connectivity index (χ2v) is 5.05. The van der Waals surface area contributed by atoms with Crippen molar-refractivity contribution >= 4 is 11.9 Å². The molecule has 0 saturated carbocycles. The van der Waals surface area contributed by atoms with Crippen molar-refractivity contribution in [2.75, 3.05) is 25.1 Å². The fourth-order valence-electron chi connectivity index (χ4n) is 2.51. The predicted octanol–water partition coefficient (Wildman–Crippen LogP) is 0.0171. The molecule has 1 atom stereocenters. The average molecular weight is 303 g/mol. The number of rotatable bonds is 4. The number of amides is 1. The summed E-state index contributed by atoms with van der Waals surface area (Å²) in [7, 11) is 1.58. The molecule has 2 aromatic heterocycles. The van der Waals surface area contributed by atoms with Crippen LogP contribution in [0.2, 0.25) is 0 Å². The molecule has 2 aromatic rings. The van der Waals surface area contributed by atoms with Gasteiger partial charge in [-0.1, -0.05) is 0 Å². The summed E-state index contributed by atoms with van der Waals surface area (Å²) >= 11 is 0. The second kappa shape index (κ2) is 5.96. The summed E-state index contributed by atoms with van der Waals surface area (Å²) < 4.78 is 6.82. The largest absolute Gasteiger partial charge is 0.481 e. The summed E-state index contributed by atoms with van der Waals surface area (Å²) in [5.74, 6) is 0.570. The first-order valence-corrected chi connectivity index (χ1v) is 7.00. The van der Waals surface area contributed by atoms with Crippen LogP contribution in [0.1, 0.15) is 29.5 Å².